The monoisotopic (exact) mass is 392 g/mol. The summed E-state index contributed by atoms with van der Waals surface area (Å²) in [5, 5.41) is 0. The van der Waals surface area contributed by atoms with Gasteiger partial charge in [0.05, 0.1) is 19.8 Å². The van der Waals surface area contributed by atoms with Gasteiger partial charge >= 0.3 is 7.82 Å². The number of carbonyl (C=O) groups excluding carboxylic acids is 3. The Balaban J connectivity index is 4.41. The van der Waals surface area contributed by atoms with Gasteiger partial charge in [-0.2, -0.15) is 0 Å². The van der Waals surface area contributed by atoms with E-state index in [1.165, 1.54) is 0 Å². The molecule has 0 unspecified atom stereocenters. The Hall–Kier alpha value is -1.78. The van der Waals surface area contributed by atoms with Crippen LogP contribution >= 0.6 is 7.82 Å². The first-order valence-corrected chi connectivity index (χ1v) is 8.82. The summed E-state index contributed by atoms with van der Waals surface area (Å²) in [6, 6.07) is 0. The van der Waals surface area contributed by atoms with E-state index in [1.807, 2.05) is 0 Å². The predicted octanol–water partition coefficient (Wildman–Crippen LogP) is 2.37. The maximum Gasteiger partial charge on any atom is 0.556 e. The number of ketones is 3. The summed E-state index contributed by atoms with van der Waals surface area (Å²) in [6.45, 7) is 9.00. The molecule has 0 aromatic rings. The fourth-order valence-corrected chi connectivity index (χ4v) is 1.76. The van der Waals surface area contributed by atoms with Crippen LogP contribution in [0.3, 0.4) is 0 Å². The molecule has 0 saturated carbocycles. The van der Waals surface area contributed by atoms with Crippen molar-refractivity contribution in [2.75, 3.05) is 19.8 Å². The van der Waals surface area contributed by atoms with E-state index in [-0.39, 0.29) is 56.4 Å². The van der Waals surface area contributed by atoms with Crippen LogP contribution in [0.2, 0.25) is 0 Å². The standard InChI is InChI=1S/C15H21O10P/c1-4-13(16)7-10-20-23-26(19,24-21-11-8-14(17)5-2)25-22-12-9-15(18)6-3/h4-6H,1-3,7-12H2. The number of rotatable bonds is 18. The van der Waals surface area contributed by atoms with Crippen LogP contribution in [0.4, 0.5) is 0 Å². The van der Waals surface area contributed by atoms with Crippen molar-refractivity contribution in [2.24, 2.45) is 0 Å². The molecule has 0 N–H and O–H groups in total. The van der Waals surface area contributed by atoms with Crippen LogP contribution in [0, 0.1) is 0 Å². The topological polar surface area (TPSA) is 124 Å². The minimum Gasteiger partial charge on any atom is -0.295 e. The second-order valence-corrected chi connectivity index (χ2v) is 5.74. The Morgan fingerprint density at radius 1 is 0.654 bits per heavy atom. The summed E-state index contributed by atoms with van der Waals surface area (Å²) in [7, 11) is -4.50. The maximum atomic E-state index is 12.2. The van der Waals surface area contributed by atoms with Crippen molar-refractivity contribution in [3.63, 3.8) is 0 Å². The predicted molar refractivity (Wildman–Crippen MR) is 88.2 cm³/mol. The highest BCUT2D eigenvalue weighted by Crippen LogP contribution is 2.50. The van der Waals surface area contributed by atoms with E-state index in [0.717, 1.165) is 18.2 Å². The molecule has 146 valence electrons. The van der Waals surface area contributed by atoms with E-state index in [9.17, 15) is 18.9 Å². The molecule has 0 heterocycles. The van der Waals surface area contributed by atoms with Crippen LogP contribution in [0.1, 0.15) is 19.3 Å². The highest BCUT2D eigenvalue weighted by molar-refractivity contribution is 7.48. The van der Waals surface area contributed by atoms with Gasteiger partial charge in [-0.15, -0.1) is 14.0 Å². The molecule has 0 aliphatic carbocycles. The number of carbonyl (C=O) groups is 3. The minimum absolute atomic E-state index is 0.0904. The molecule has 0 bridgehead atoms. The summed E-state index contributed by atoms with van der Waals surface area (Å²) in [5.74, 6) is -0.990. The molecule has 0 aromatic heterocycles. The highest BCUT2D eigenvalue weighted by Gasteiger charge is 2.32. The molecule has 0 atom stereocenters. The highest BCUT2D eigenvalue weighted by atomic mass is 31.2. The summed E-state index contributed by atoms with van der Waals surface area (Å²) in [5.41, 5.74) is 0. The SMILES string of the molecule is C=CC(=O)CCOOP(=O)(OOCCC(=O)C=C)OOCCC(=O)C=C. The quantitative estimate of drug-likeness (QED) is 0.113. The maximum absolute atomic E-state index is 12.2. The third-order valence-corrected chi connectivity index (χ3v) is 3.27. The van der Waals surface area contributed by atoms with Crippen LogP contribution in [0.5, 0.6) is 0 Å². The molecule has 0 rings (SSSR count). The van der Waals surface area contributed by atoms with Crippen molar-refractivity contribution in [2.45, 2.75) is 19.3 Å². The molecule has 10 nitrogen and oxygen atoms in total. The van der Waals surface area contributed by atoms with Crippen molar-refractivity contribution < 1.29 is 47.6 Å². The number of phosphoric acid groups is 1. The van der Waals surface area contributed by atoms with E-state index in [1.54, 1.807) is 0 Å². The van der Waals surface area contributed by atoms with Crippen molar-refractivity contribution in [1.29, 1.82) is 0 Å². The molecule has 0 fully saturated rings. The smallest absolute Gasteiger partial charge is 0.295 e. The second kappa shape index (κ2) is 14.4. The molecule has 0 saturated heterocycles. The van der Waals surface area contributed by atoms with Crippen molar-refractivity contribution in [3.8, 4) is 0 Å². The molecule has 0 radical (unpaired) electrons. The summed E-state index contributed by atoms with van der Waals surface area (Å²) >= 11 is 0. The van der Waals surface area contributed by atoms with Gasteiger partial charge in [0.15, 0.2) is 17.3 Å². The summed E-state index contributed by atoms with van der Waals surface area (Å²) < 4.78 is 25.6. The Bertz CT molecular complexity index is 481. The van der Waals surface area contributed by atoms with Crippen LogP contribution in [-0.4, -0.2) is 37.2 Å². The van der Waals surface area contributed by atoms with Gasteiger partial charge in [0.1, 0.15) is 0 Å². The van der Waals surface area contributed by atoms with Gasteiger partial charge in [-0.3, -0.25) is 14.4 Å². The van der Waals surface area contributed by atoms with Crippen molar-refractivity contribution in [3.05, 3.63) is 38.0 Å². The van der Waals surface area contributed by atoms with Gasteiger partial charge in [0.2, 0.25) is 0 Å². The average Bonchev–Trinajstić information content (AvgIpc) is 2.65. The second-order valence-electron chi connectivity index (χ2n) is 4.40. The van der Waals surface area contributed by atoms with Gasteiger partial charge in [-0.25, -0.2) is 19.2 Å². The first kappa shape index (κ1) is 24.2. The van der Waals surface area contributed by atoms with E-state index in [0.29, 0.717) is 0 Å². The molecular weight excluding hydrogens is 371 g/mol. The van der Waals surface area contributed by atoms with E-state index >= 15 is 0 Å². The lowest BCUT2D eigenvalue weighted by Gasteiger charge is -2.14. The van der Waals surface area contributed by atoms with Gasteiger partial charge in [-0.1, -0.05) is 19.7 Å². The zero-order chi connectivity index (χ0) is 19.8. The molecule has 11 heteroatoms. The molecule has 0 aliphatic heterocycles. The third kappa shape index (κ3) is 12.6. The molecule has 0 spiro atoms. The van der Waals surface area contributed by atoms with Crippen LogP contribution in [0.15, 0.2) is 38.0 Å². The van der Waals surface area contributed by atoms with Gasteiger partial charge < -0.3 is 0 Å². The molecule has 0 aromatic carbocycles. The largest absolute Gasteiger partial charge is 0.556 e. The molecule has 26 heavy (non-hydrogen) atoms. The van der Waals surface area contributed by atoms with Crippen LogP contribution in [0.25, 0.3) is 0 Å². The van der Waals surface area contributed by atoms with Crippen molar-refractivity contribution in [1.82, 2.24) is 0 Å². The first-order chi connectivity index (χ1) is 12.4. The zero-order valence-corrected chi connectivity index (χ0v) is 15.0. The fraction of sp³-hybridized carbons (Fsp3) is 0.400. The lowest BCUT2D eigenvalue weighted by molar-refractivity contribution is -0.323. The first-order valence-electron chi connectivity index (χ1n) is 7.36. The summed E-state index contributed by atoms with van der Waals surface area (Å²) in [6.07, 6.45) is 2.97. The van der Waals surface area contributed by atoms with E-state index in [2.05, 4.69) is 48.4 Å². The normalized spacial score (nSPS) is 10.9. The number of hydrogen-bond donors (Lipinski definition) is 0. The Labute approximate surface area is 150 Å². The van der Waals surface area contributed by atoms with E-state index < -0.39 is 7.82 Å². The van der Waals surface area contributed by atoms with Gasteiger partial charge in [0, 0.05) is 19.3 Å². The lowest BCUT2D eigenvalue weighted by atomic mass is 10.3. The zero-order valence-electron chi connectivity index (χ0n) is 14.1. The van der Waals surface area contributed by atoms with Crippen LogP contribution in [-0.2, 0) is 47.6 Å². The molecule has 0 aliphatic rings. The Morgan fingerprint density at radius 3 is 1.15 bits per heavy atom. The van der Waals surface area contributed by atoms with Crippen molar-refractivity contribution >= 4 is 25.2 Å². The minimum atomic E-state index is -4.50. The van der Waals surface area contributed by atoms with E-state index in [4.69, 9.17) is 0 Å². The Morgan fingerprint density at radius 2 is 0.923 bits per heavy atom. The fourth-order valence-electron chi connectivity index (χ4n) is 1.08. The average molecular weight is 392 g/mol. The molecular formula is C15H21O10P. The molecule has 0 amide bonds. The number of allylic oxidation sites excluding steroid dienone is 3. The van der Waals surface area contributed by atoms with Gasteiger partial charge in [-0.05, 0) is 18.2 Å². The third-order valence-electron chi connectivity index (χ3n) is 2.41. The number of hydrogen-bond acceptors (Lipinski definition) is 10. The lowest BCUT2D eigenvalue weighted by Crippen LogP contribution is -2.08. The summed E-state index contributed by atoms with van der Waals surface area (Å²) in [4.78, 5) is 46.8. The van der Waals surface area contributed by atoms with Crippen LogP contribution < -0.4 is 0 Å². The Kier molecular flexibility index (Phi) is 13.4. The van der Waals surface area contributed by atoms with Gasteiger partial charge in [0.25, 0.3) is 0 Å².